The number of fused-ring (bicyclic) bond motifs is 1. The Morgan fingerprint density at radius 2 is 1.89 bits per heavy atom. The van der Waals surface area contributed by atoms with E-state index < -0.39 is 5.97 Å². The third-order valence-electron chi connectivity index (χ3n) is 7.75. The number of aromatic nitrogens is 1. The highest BCUT2D eigenvalue weighted by atomic mass is 35.5. The standard InChI is InChI=1S/C27H30Cl2N2O3S/c28-20-5-6-23-24(17-20)35-26(30-23)31-10-7-27(8-11-31,19-3-1-2-4-19)9-12-34-22-14-18(15-25(32)33)13-21(29)16-22/h5-6,13-14,16-17,19H,1-4,7-12,15H2,(H,32,33). The predicted molar refractivity (Wildman–Crippen MR) is 143 cm³/mol. The molecule has 35 heavy (non-hydrogen) atoms. The summed E-state index contributed by atoms with van der Waals surface area (Å²) in [4.78, 5) is 18.4. The highest BCUT2D eigenvalue weighted by Gasteiger charge is 2.42. The van der Waals surface area contributed by atoms with Crippen molar-refractivity contribution in [3.8, 4) is 5.75 Å². The molecule has 0 atom stereocenters. The second-order valence-electron chi connectivity index (χ2n) is 9.90. The van der Waals surface area contributed by atoms with Crippen molar-refractivity contribution in [2.45, 2.75) is 51.4 Å². The van der Waals surface area contributed by atoms with Crippen LogP contribution in [0.4, 0.5) is 5.13 Å². The number of carboxylic acids is 1. The Morgan fingerprint density at radius 1 is 1.11 bits per heavy atom. The van der Waals surface area contributed by atoms with Gasteiger partial charge in [-0.3, -0.25) is 4.79 Å². The van der Waals surface area contributed by atoms with Crippen molar-refractivity contribution in [2.24, 2.45) is 11.3 Å². The van der Waals surface area contributed by atoms with Crippen LogP contribution in [0.1, 0.15) is 50.5 Å². The number of rotatable bonds is 8. The fourth-order valence-electron chi connectivity index (χ4n) is 5.92. The Labute approximate surface area is 220 Å². The zero-order valence-corrected chi connectivity index (χ0v) is 22.0. The van der Waals surface area contributed by atoms with Crippen LogP contribution in [0.3, 0.4) is 0 Å². The molecular formula is C27H30Cl2N2O3S. The molecule has 1 aliphatic carbocycles. The molecule has 1 saturated carbocycles. The molecule has 2 fully saturated rings. The maximum absolute atomic E-state index is 11.1. The van der Waals surface area contributed by atoms with Crippen molar-refractivity contribution >= 4 is 55.9 Å². The first-order valence-electron chi connectivity index (χ1n) is 12.4. The summed E-state index contributed by atoms with van der Waals surface area (Å²) in [5.74, 6) is 0.520. The van der Waals surface area contributed by atoms with Crippen LogP contribution in [0.2, 0.25) is 10.0 Å². The van der Waals surface area contributed by atoms with Crippen molar-refractivity contribution in [1.29, 1.82) is 0 Å². The van der Waals surface area contributed by atoms with E-state index in [2.05, 4.69) is 4.90 Å². The Bertz CT molecular complexity index is 1200. The molecule has 1 saturated heterocycles. The van der Waals surface area contributed by atoms with E-state index in [1.165, 1.54) is 25.7 Å². The van der Waals surface area contributed by atoms with Crippen molar-refractivity contribution in [3.05, 3.63) is 52.0 Å². The Morgan fingerprint density at radius 3 is 2.63 bits per heavy atom. The Balaban J connectivity index is 1.26. The first-order valence-corrected chi connectivity index (χ1v) is 13.9. The normalized spacial score (nSPS) is 18.3. The lowest BCUT2D eigenvalue weighted by atomic mass is 9.66. The summed E-state index contributed by atoms with van der Waals surface area (Å²) in [6, 6.07) is 11.2. The van der Waals surface area contributed by atoms with Gasteiger partial charge in [-0.1, -0.05) is 47.4 Å². The number of piperidine rings is 1. The molecule has 1 aromatic heterocycles. The molecule has 2 aromatic carbocycles. The van der Waals surface area contributed by atoms with Crippen LogP contribution in [-0.2, 0) is 11.2 Å². The summed E-state index contributed by atoms with van der Waals surface area (Å²) in [5, 5.41) is 11.5. The number of benzene rings is 2. The molecule has 5 rings (SSSR count). The molecular weight excluding hydrogens is 503 g/mol. The molecule has 0 amide bonds. The molecule has 0 bridgehead atoms. The zero-order chi connectivity index (χ0) is 24.4. The van der Waals surface area contributed by atoms with Crippen LogP contribution < -0.4 is 9.64 Å². The van der Waals surface area contributed by atoms with E-state index in [-0.39, 0.29) is 11.8 Å². The average Bonchev–Trinajstić information content (AvgIpc) is 3.49. The lowest BCUT2D eigenvalue weighted by molar-refractivity contribution is -0.136. The number of thiazole rings is 1. The minimum atomic E-state index is -0.874. The fourth-order valence-corrected chi connectivity index (χ4v) is 7.46. The minimum absolute atomic E-state index is 0.0588. The number of hydrogen-bond donors (Lipinski definition) is 1. The van der Waals surface area contributed by atoms with E-state index in [9.17, 15) is 4.79 Å². The first-order chi connectivity index (χ1) is 16.9. The summed E-state index contributed by atoms with van der Waals surface area (Å²) in [6.07, 6.45) is 8.47. The van der Waals surface area contributed by atoms with Gasteiger partial charge in [0.05, 0.1) is 23.2 Å². The van der Waals surface area contributed by atoms with Gasteiger partial charge in [0.1, 0.15) is 5.75 Å². The smallest absolute Gasteiger partial charge is 0.307 e. The van der Waals surface area contributed by atoms with E-state index in [4.69, 9.17) is 38.0 Å². The number of carbonyl (C=O) groups is 1. The van der Waals surface area contributed by atoms with Gasteiger partial charge in [-0.2, -0.15) is 0 Å². The molecule has 0 unspecified atom stereocenters. The summed E-state index contributed by atoms with van der Waals surface area (Å²) in [6.45, 7) is 2.62. The van der Waals surface area contributed by atoms with Crippen molar-refractivity contribution in [1.82, 2.24) is 4.98 Å². The van der Waals surface area contributed by atoms with Gasteiger partial charge in [0.2, 0.25) is 0 Å². The fraction of sp³-hybridized carbons (Fsp3) is 0.481. The summed E-state index contributed by atoms with van der Waals surface area (Å²) in [7, 11) is 0. The van der Waals surface area contributed by atoms with Crippen LogP contribution in [0.5, 0.6) is 5.75 Å². The molecule has 1 aliphatic heterocycles. The molecule has 5 nitrogen and oxygen atoms in total. The maximum Gasteiger partial charge on any atom is 0.307 e. The van der Waals surface area contributed by atoms with Gasteiger partial charge in [0.25, 0.3) is 0 Å². The van der Waals surface area contributed by atoms with E-state index in [1.54, 1.807) is 29.5 Å². The third kappa shape index (κ3) is 5.71. The van der Waals surface area contributed by atoms with E-state index >= 15 is 0 Å². The number of carboxylic acid groups (broad SMARTS) is 1. The van der Waals surface area contributed by atoms with Crippen LogP contribution in [0.25, 0.3) is 10.2 Å². The maximum atomic E-state index is 11.1. The Kier molecular flexibility index (Phi) is 7.42. The topological polar surface area (TPSA) is 62.7 Å². The molecule has 0 spiro atoms. The first kappa shape index (κ1) is 24.7. The van der Waals surface area contributed by atoms with Crippen LogP contribution in [0, 0.1) is 11.3 Å². The van der Waals surface area contributed by atoms with Gasteiger partial charge in [0, 0.05) is 23.1 Å². The van der Waals surface area contributed by atoms with Gasteiger partial charge in [0.15, 0.2) is 5.13 Å². The highest BCUT2D eigenvalue weighted by Crippen LogP contribution is 2.50. The molecule has 186 valence electrons. The molecule has 0 radical (unpaired) electrons. The van der Waals surface area contributed by atoms with Gasteiger partial charge in [-0.15, -0.1) is 0 Å². The van der Waals surface area contributed by atoms with Gasteiger partial charge in [-0.05, 0) is 85.4 Å². The van der Waals surface area contributed by atoms with Crippen molar-refractivity contribution < 1.29 is 14.6 Å². The lowest BCUT2D eigenvalue weighted by Gasteiger charge is -2.46. The number of aliphatic carboxylic acids is 1. The third-order valence-corrected chi connectivity index (χ3v) is 9.28. The molecule has 2 heterocycles. The van der Waals surface area contributed by atoms with Crippen molar-refractivity contribution in [2.75, 3.05) is 24.6 Å². The van der Waals surface area contributed by atoms with E-state index in [1.807, 2.05) is 18.2 Å². The molecule has 8 heteroatoms. The van der Waals surface area contributed by atoms with Gasteiger partial charge < -0.3 is 14.7 Å². The Hall–Kier alpha value is -2.02. The summed E-state index contributed by atoms with van der Waals surface area (Å²) >= 11 is 14.1. The number of anilines is 1. The molecule has 2 aliphatic rings. The average molecular weight is 534 g/mol. The van der Waals surface area contributed by atoms with Crippen LogP contribution >= 0.6 is 34.5 Å². The van der Waals surface area contributed by atoms with Crippen LogP contribution in [-0.4, -0.2) is 35.8 Å². The second kappa shape index (κ2) is 10.5. The van der Waals surface area contributed by atoms with E-state index in [0.717, 1.165) is 58.6 Å². The number of halogens is 2. The SMILES string of the molecule is O=C(O)Cc1cc(Cl)cc(OCCC2(C3CCCC3)CCN(c3nc4ccc(Cl)cc4s3)CC2)c1. The quantitative estimate of drug-likeness (QED) is 0.325. The van der Waals surface area contributed by atoms with Gasteiger partial charge in [-0.25, -0.2) is 4.98 Å². The molecule has 1 N–H and O–H groups in total. The number of hydrogen-bond acceptors (Lipinski definition) is 5. The zero-order valence-electron chi connectivity index (χ0n) is 19.6. The number of nitrogens with zero attached hydrogens (tertiary/aromatic N) is 2. The van der Waals surface area contributed by atoms with E-state index in [0.29, 0.717) is 22.9 Å². The highest BCUT2D eigenvalue weighted by molar-refractivity contribution is 7.22. The minimum Gasteiger partial charge on any atom is -0.494 e. The van der Waals surface area contributed by atoms with Gasteiger partial charge >= 0.3 is 5.97 Å². The predicted octanol–water partition coefficient (Wildman–Crippen LogP) is 7.48. The lowest BCUT2D eigenvalue weighted by Crippen LogP contribution is -2.44. The van der Waals surface area contributed by atoms with Crippen molar-refractivity contribution in [3.63, 3.8) is 0 Å². The largest absolute Gasteiger partial charge is 0.494 e. The monoisotopic (exact) mass is 532 g/mol. The second-order valence-corrected chi connectivity index (χ2v) is 11.8. The molecule has 3 aromatic rings. The summed E-state index contributed by atoms with van der Waals surface area (Å²) in [5.41, 5.74) is 1.95. The number of ether oxygens (including phenoxy) is 1. The van der Waals surface area contributed by atoms with Crippen LogP contribution in [0.15, 0.2) is 36.4 Å². The summed E-state index contributed by atoms with van der Waals surface area (Å²) < 4.78 is 7.28.